The molecule has 130 valence electrons. The predicted molar refractivity (Wildman–Crippen MR) is 101 cm³/mol. The van der Waals surface area contributed by atoms with Crippen molar-refractivity contribution >= 4 is 11.3 Å². The van der Waals surface area contributed by atoms with Crippen molar-refractivity contribution in [2.45, 2.75) is 25.8 Å². The van der Waals surface area contributed by atoms with E-state index in [0.29, 0.717) is 0 Å². The molecule has 1 aromatic heterocycles. The van der Waals surface area contributed by atoms with E-state index >= 15 is 0 Å². The van der Waals surface area contributed by atoms with E-state index in [-0.39, 0.29) is 0 Å². The monoisotopic (exact) mass is 345 g/mol. The zero-order valence-corrected chi connectivity index (χ0v) is 15.4. The molecule has 1 saturated heterocycles. The zero-order valence-electron chi connectivity index (χ0n) is 14.6. The summed E-state index contributed by atoms with van der Waals surface area (Å²) in [6, 6.07) is 8.14. The molecule has 1 aromatic carbocycles. The summed E-state index contributed by atoms with van der Waals surface area (Å²) in [7, 11) is 3.73. The molecule has 5 heteroatoms. The maximum Gasteiger partial charge on any atom is 0.123 e. The lowest BCUT2D eigenvalue weighted by Gasteiger charge is -2.31. The summed E-state index contributed by atoms with van der Waals surface area (Å²) in [5.74, 6) is 1.77. The summed E-state index contributed by atoms with van der Waals surface area (Å²) < 4.78 is 5.22. The number of methoxy groups -OCH3 is 1. The Balaban J connectivity index is 1.53. The Morgan fingerprint density at radius 1 is 1.25 bits per heavy atom. The van der Waals surface area contributed by atoms with Crippen LogP contribution < -0.4 is 10.1 Å². The molecule has 0 amide bonds. The fourth-order valence-electron chi connectivity index (χ4n) is 3.26. The van der Waals surface area contributed by atoms with Gasteiger partial charge in [-0.2, -0.15) is 0 Å². The summed E-state index contributed by atoms with van der Waals surface area (Å²) in [6.45, 7) is 4.51. The third kappa shape index (κ3) is 4.56. The van der Waals surface area contributed by atoms with E-state index in [1.54, 1.807) is 18.4 Å². The van der Waals surface area contributed by atoms with Gasteiger partial charge in [0.25, 0.3) is 0 Å². The van der Waals surface area contributed by atoms with Gasteiger partial charge in [0.15, 0.2) is 0 Å². The van der Waals surface area contributed by atoms with Crippen molar-refractivity contribution in [3.63, 3.8) is 0 Å². The highest BCUT2D eigenvalue weighted by molar-refractivity contribution is 7.13. The van der Waals surface area contributed by atoms with Crippen molar-refractivity contribution in [3.8, 4) is 16.3 Å². The molecule has 0 radical (unpaired) electrons. The van der Waals surface area contributed by atoms with Crippen LogP contribution in [0, 0.1) is 5.92 Å². The quantitative estimate of drug-likeness (QED) is 0.831. The lowest BCUT2D eigenvalue weighted by atomic mass is 9.93. The van der Waals surface area contributed by atoms with Crippen LogP contribution in [0.2, 0.25) is 0 Å². The Hall–Kier alpha value is -1.43. The molecule has 24 heavy (non-hydrogen) atoms. The highest BCUT2D eigenvalue weighted by Crippen LogP contribution is 2.27. The summed E-state index contributed by atoms with van der Waals surface area (Å²) in [6.07, 6.45) is 3.94. The number of ether oxygens (including phenoxy) is 1. The van der Waals surface area contributed by atoms with Gasteiger partial charge >= 0.3 is 0 Å². The minimum absolute atomic E-state index is 0.886. The standard InChI is InChI=1S/C19H27N3OS/c1-20-10-7-15-8-11-22(12-9-15)13-17-14-24-19(21-17)16-3-5-18(23-2)6-4-16/h3-6,14-15,20H,7-13H2,1-2H3. The first-order chi connectivity index (χ1) is 11.8. The molecule has 0 atom stereocenters. The topological polar surface area (TPSA) is 37.4 Å². The molecule has 4 nitrogen and oxygen atoms in total. The second-order valence-corrected chi connectivity index (χ2v) is 7.34. The van der Waals surface area contributed by atoms with Crippen molar-refractivity contribution in [2.75, 3.05) is 33.8 Å². The third-order valence-corrected chi connectivity index (χ3v) is 5.72. The normalized spacial score (nSPS) is 16.4. The Morgan fingerprint density at radius 3 is 2.67 bits per heavy atom. The van der Waals surface area contributed by atoms with Crippen LogP contribution in [-0.2, 0) is 6.54 Å². The first-order valence-electron chi connectivity index (χ1n) is 8.74. The predicted octanol–water partition coefficient (Wildman–Crippen LogP) is 3.64. The van der Waals surface area contributed by atoms with Gasteiger partial charge in [-0.25, -0.2) is 4.98 Å². The van der Waals surface area contributed by atoms with Crippen molar-refractivity contribution in [1.82, 2.24) is 15.2 Å². The van der Waals surface area contributed by atoms with E-state index in [9.17, 15) is 0 Å². The van der Waals surface area contributed by atoms with Gasteiger partial charge in [0.05, 0.1) is 12.8 Å². The average molecular weight is 346 g/mol. The minimum Gasteiger partial charge on any atom is -0.497 e. The van der Waals surface area contributed by atoms with E-state index in [1.807, 2.05) is 19.2 Å². The Labute approximate surface area is 148 Å². The maximum atomic E-state index is 5.22. The number of benzene rings is 1. The van der Waals surface area contributed by atoms with Crippen LogP contribution >= 0.6 is 11.3 Å². The smallest absolute Gasteiger partial charge is 0.123 e. The van der Waals surface area contributed by atoms with Crippen molar-refractivity contribution in [1.29, 1.82) is 0 Å². The van der Waals surface area contributed by atoms with Gasteiger partial charge in [-0.15, -0.1) is 11.3 Å². The second-order valence-electron chi connectivity index (χ2n) is 6.48. The lowest BCUT2D eigenvalue weighted by molar-refractivity contribution is 0.171. The average Bonchev–Trinajstić information content (AvgIpc) is 3.10. The van der Waals surface area contributed by atoms with Crippen LogP contribution in [0.4, 0.5) is 0 Å². The number of nitrogens with zero attached hydrogens (tertiary/aromatic N) is 2. The third-order valence-electron chi connectivity index (χ3n) is 4.78. The van der Waals surface area contributed by atoms with Crippen LogP contribution in [0.3, 0.4) is 0 Å². The number of nitrogens with one attached hydrogen (secondary N) is 1. The first-order valence-corrected chi connectivity index (χ1v) is 9.62. The van der Waals surface area contributed by atoms with E-state index in [1.165, 1.54) is 38.0 Å². The molecule has 0 bridgehead atoms. The van der Waals surface area contributed by atoms with Crippen molar-refractivity contribution < 1.29 is 4.74 Å². The van der Waals surface area contributed by atoms with E-state index in [4.69, 9.17) is 9.72 Å². The molecule has 1 aliphatic heterocycles. The number of thiazole rings is 1. The number of piperidine rings is 1. The largest absolute Gasteiger partial charge is 0.497 e. The van der Waals surface area contributed by atoms with Gasteiger partial charge < -0.3 is 10.1 Å². The Morgan fingerprint density at radius 2 is 2.00 bits per heavy atom. The molecule has 0 saturated carbocycles. The summed E-state index contributed by atoms with van der Waals surface area (Å²) in [4.78, 5) is 7.37. The summed E-state index contributed by atoms with van der Waals surface area (Å²) in [5.41, 5.74) is 2.36. The van der Waals surface area contributed by atoms with Crippen LogP contribution in [0.1, 0.15) is 25.0 Å². The van der Waals surface area contributed by atoms with Gasteiger partial charge in [0.1, 0.15) is 10.8 Å². The van der Waals surface area contributed by atoms with Crippen LogP contribution in [-0.4, -0.2) is 43.7 Å². The summed E-state index contributed by atoms with van der Waals surface area (Å²) >= 11 is 1.73. The highest BCUT2D eigenvalue weighted by Gasteiger charge is 2.19. The highest BCUT2D eigenvalue weighted by atomic mass is 32.1. The van der Waals surface area contributed by atoms with Crippen LogP contribution in [0.5, 0.6) is 5.75 Å². The molecular formula is C19H27N3OS. The molecule has 0 spiro atoms. The van der Waals surface area contributed by atoms with Gasteiger partial charge in [-0.3, -0.25) is 4.90 Å². The van der Waals surface area contributed by atoms with E-state index < -0.39 is 0 Å². The molecule has 0 aliphatic carbocycles. The van der Waals surface area contributed by atoms with Crippen LogP contribution in [0.25, 0.3) is 10.6 Å². The number of hydrogen-bond acceptors (Lipinski definition) is 5. The number of hydrogen-bond donors (Lipinski definition) is 1. The number of aromatic nitrogens is 1. The summed E-state index contributed by atoms with van der Waals surface area (Å²) in [5, 5.41) is 6.56. The van der Waals surface area contributed by atoms with Gasteiger partial charge in [-0.05, 0) is 76.1 Å². The van der Waals surface area contributed by atoms with Gasteiger partial charge in [0, 0.05) is 17.5 Å². The molecule has 1 N–H and O–H groups in total. The lowest BCUT2D eigenvalue weighted by Crippen LogP contribution is -2.34. The second kappa shape index (κ2) is 8.60. The minimum atomic E-state index is 0.886. The van der Waals surface area contributed by atoms with Crippen molar-refractivity contribution in [2.24, 2.45) is 5.92 Å². The van der Waals surface area contributed by atoms with Gasteiger partial charge in [0.2, 0.25) is 0 Å². The number of likely N-dealkylation sites (tertiary alicyclic amines) is 1. The fraction of sp³-hybridized carbons (Fsp3) is 0.526. The first kappa shape index (κ1) is 17.4. The number of rotatable bonds is 7. The zero-order chi connectivity index (χ0) is 16.8. The van der Waals surface area contributed by atoms with Crippen molar-refractivity contribution in [3.05, 3.63) is 35.3 Å². The molecule has 2 aromatic rings. The van der Waals surface area contributed by atoms with Gasteiger partial charge in [-0.1, -0.05) is 0 Å². The molecule has 2 heterocycles. The molecule has 1 aliphatic rings. The Bertz CT molecular complexity index is 618. The molecular weight excluding hydrogens is 318 g/mol. The molecule has 0 unspecified atom stereocenters. The Kier molecular flexibility index (Phi) is 6.24. The SMILES string of the molecule is CNCCC1CCN(Cc2csc(-c3ccc(OC)cc3)n2)CC1. The van der Waals surface area contributed by atoms with Crippen LogP contribution in [0.15, 0.2) is 29.6 Å². The maximum absolute atomic E-state index is 5.22. The molecule has 3 rings (SSSR count). The van der Waals surface area contributed by atoms with E-state index in [0.717, 1.165) is 35.3 Å². The fourth-order valence-corrected chi connectivity index (χ4v) is 4.07. The molecule has 1 fully saturated rings. The van der Waals surface area contributed by atoms with E-state index in [2.05, 4.69) is 27.7 Å².